The van der Waals surface area contributed by atoms with E-state index in [9.17, 15) is 9.90 Å². The van der Waals surface area contributed by atoms with Crippen molar-refractivity contribution >= 4 is 5.91 Å². The summed E-state index contributed by atoms with van der Waals surface area (Å²) in [7, 11) is 1.53. The minimum Gasteiger partial charge on any atom is -0.493 e. The number of ether oxygens (including phenoxy) is 2. The molecule has 0 spiro atoms. The number of amides is 1. The molecule has 0 radical (unpaired) electrons. The molecule has 19 heavy (non-hydrogen) atoms. The van der Waals surface area contributed by atoms with Gasteiger partial charge < -0.3 is 19.9 Å². The van der Waals surface area contributed by atoms with E-state index in [1.165, 1.54) is 7.11 Å². The van der Waals surface area contributed by atoms with Crippen molar-refractivity contribution in [2.24, 2.45) is 0 Å². The number of nitrogens with one attached hydrogen (secondary N) is 1. The van der Waals surface area contributed by atoms with Crippen LogP contribution in [-0.4, -0.2) is 36.4 Å². The fourth-order valence-corrected chi connectivity index (χ4v) is 1.44. The SMILES string of the molecule is COc1ccccc1OCC(O)C(=O)NC(C)(C)C. The van der Waals surface area contributed by atoms with E-state index in [2.05, 4.69) is 5.32 Å². The zero-order chi connectivity index (χ0) is 14.5. The van der Waals surface area contributed by atoms with Crippen LogP contribution in [-0.2, 0) is 4.79 Å². The number of benzene rings is 1. The zero-order valence-electron chi connectivity index (χ0n) is 11.8. The van der Waals surface area contributed by atoms with Crippen LogP contribution < -0.4 is 14.8 Å². The summed E-state index contributed by atoms with van der Waals surface area (Å²) in [6.45, 7) is 5.42. The first kappa shape index (κ1) is 15.3. The summed E-state index contributed by atoms with van der Waals surface area (Å²) in [5, 5.41) is 12.4. The van der Waals surface area contributed by atoms with Gasteiger partial charge in [-0.2, -0.15) is 0 Å². The second-order valence-corrected chi connectivity index (χ2v) is 5.22. The van der Waals surface area contributed by atoms with Gasteiger partial charge in [0.25, 0.3) is 5.91 Å². The first-order valence-corrected chi connectivity index (χ1v) is 6.09. The molecule has 0 bridgehead atoms. The third-order valence-electron chi connectivity index (χ3n) is 2.27. The van der Waals surface area contributed by atoms with Crippen LogP contribution in [0, 0.1) is 0 Å². The summed E-state index contributed by atoms with van der Waals surface area (Å²) in [5.74, 6) is 0.598. The number of methoxy groups -OCH3 is 1. The highest BCUT2D eigenvalue weighted by Gasteiger charge is 2.21. The Hall–Kier alpha value is -1.75. The van der Waals surface area contributed by atoms with Gasteiger partial charge in [0, 0.05) is 5.54 Å². The van der Waals surface area contributed by atoms with Crippen LogP contribution in [0.5, 0.6) is 11.5 Å². The third-order valence-corrected chi connectivity index (χ3v) is 2.27. The molecule has 0 aliphatic rings. The second kappa shape index (κ2) is 6.43. The zero-order valence-corrected chi connectivity index (χ0v) is 11.8. The number of carbonyl (C=O) groups is 1. The van der Waals surface area contributed by atoms with E-state index in [0.717, 1.165) is 0 Å². The van der Waals surface area contributed by atoms with Crippen molar-refractivity contribution in [1.82, 2.24) is 5.32 Å². The van der Waals surface area contributed by atoms with E-state index in [1.54, 1.807) is 18.2 Å². The van der Waals surface area contributed by atoms with Gasteiger partial charge in [0.15, 0.2) is 17.6 Å². The molecule has 1 amide bonds. The van der Waals surface area contributed by atoms with Crippen molar-refractivity contribution in [2.45, 2.75) is 32.4 Å². The van der Waals surface area contributed by atoms with Crippen LogP contribution in [0.15, 0.2) is 24.3 Å². The molecule has 1 aromatic carbocycles. The van der Waals surface area contributed by atoms with Gasteiger partial charge in [0.1, 0.15) is 6.61 Å². The molecular formula is C14H21NO4. The minimum atomic E-state index is -1.22. The molecule has 0 aliphatic carbocycles. The highest BCUT2D eigenvalue weighted by atomic mass is 16.5. The predicted molar refractivity (Wildman–Crippen MR) is 72.4 cm³/mol. The Balaban J connectivity index is 2.54. The van der Waals surface area contributed by atoms with Crippen molar-refractivity contribution in [3.63, 3.8) is 0 Å². The molecule has 106 valence electrons. The monoisotopic (exact) mass is 267 g/mol. The second-order valence-electron chi connectivity index (χ2n) is 5.22. The van der Waals surface area contributed by atoms with Gasteiger partial charge in [0.05, 0.1) is 7.11 Å². The molecule has 5 nitrogen and oxygen atoms in total. The lowest BCUT2D eigenvalue weighted by Crippen LogP contribution is -2.47. The third kappa shape index (κ3) is 5.18. The molecule has 0 aromatic heterocycles. The maximum atomic E-state index is 11.7. The Morgan fingerprint density at radius 1 is 1.32 bits per heavy atom. The smallest absolute Gasteiger partial charge is 0.252 e. The summed E-state index contributed by atoms with van der Waals surface area (Å²) in [5.41, 5.74) is -0.386. The molecule has 1 rings (SSSR count). The molecule has 0 heterocycles. The Labute approximate surface area is 113 Å². The van der Waals surface area contributed by atoms with E-state index < -0.39 is 12.0 Å². The maximum absolute atomic E-state index is 11.7. The van der Waals surface area contributed by atoms with Crippen molar-refractivity contribution in [3.05, 3.63) is 24.3 Å². The van der Waals surface area contributed by atoms with Gasteiger partial charge in [-0.1, -0.05) is 12.1 Å². The highest BCUT2D eigenvalue weighted by molar-refractivity contribution is 5.81. The van der Waals surface area contributed by atoms with Crippen LogP contribution >= 0.6 is 0 Å². The van der Waals surface area contributed by atoms with E-state index >= 15 is 0 Å². The lowest BCUT2D eigenvalue weighted by molar-refractivity contribution is -0.132. The first-order valence-electron chi connectivity index (χ1n) is 6.09. The largest absolute Gasteiger partial charge is 0.493 e. The quantitative estimate of drug-likeness (QED) is 0.845. The molecule has 2 N–H and O–H groups in total. The van der Waals surface area contributed by atoms with Crippen molar-refractivity contribution < 1.29 is 19.4 Å². The summed E-state index contributed by atoms with van der Waals surface area (Å²) in [4.78, 5) is 11.7. The Morgan fingerprint density at radius 3 is 2.42 bits per heavy atom. The number of aliphatic hydroxyl groups excluding tert-OH is 1. The van der Waals surface area contributed by atoms with Gasteiger partial charge in [-0.15, -0.1) is 0 Å². The average Bonchev–Trinajstić information content (AvgIpc) is 2.34. The molecule has 0 fully saturated rings. The molecule has 1 atom stereocenters. The molecule has 0 aliphatic heterocycles. The number of hydrogen-bond acceptors (Lipinski definition) is 4. The highest BCUT2D eigenvalue weighted by Crippen LogP contribution is 2.25. The minimum absolute atomic E-state index is 0.123. The van der Waals surface area contributed by atoms with Crippen LogP contribution in [0.25, 0.3) is 0 Å². The first-order chi connectivity index (χ1) is 8.83. The fourth-order valence-electron chi connectivity index (χ4n) is 1.44. The number of rotatable bonds is 5. The number of hydrogen-bond donors (Lipinski definition) is 2. The lowest BCUT2D eigenvalue weighted by Gasteiger charge is -2.22. The summed E-state index contributed by atoms with van der Waals surface area (Å²) >= 11 is 0. The molecule has 5 heteroatoms. The van der Waals surface area contributed by atoms with Gasteiger partial charge in [-0.05, 0) is 32.9 Å². The Bertz CT molecular complexity index is 426. The van der Waals surface area contributed by atoms with Crippen LogP contribution in [0.4, 0.5) is 0 Å². The summed E-state index contributed by atoms with van der Waals surface area (Å²) in [6.07, 6.45) is -1.22. The van der Waals surface area contributed by atoms with Crippen molar-refractivity contribution in [1.29, 1.82) is 0 Å². The van der Waals surface area contributed by atoms with E-state index in [1.807, 2.05) is 26.8 Å². The summed E-state index contributed by atoms with van der Waals surface area (Å²) in [6, 6.07) is 7.07. The fraction of sp³-hybridized carbons (Fsp3) is 0.500. The van der Waals surface area contributed by atoms with Crippen LogP contribution in [0.3, 0.4) is 0 Å². The van der Waals surface area contributed by atoms with Crippen LogP contribution in [0.1, 0.15) is 20.8 Å². The lowest BCUT2D eigenvalue weighted by atomic mass is 10.1. The maximum Gasteiger partial charge on any atom is 0.252 e. The number of para-hydroxylation sites is 2. The van der Waals surface area contributed by atoms with Gasteiger partial charge in [-0.3, -0.25) is 4.79 Å². The average molecular weight is 267 g/mol. The molecule has 1 aromatic rings. The molecule has 0 saturated heterocycles. The van der Waals surface area contributed by atoms with Gasteiger partial charge >= 0.3 is 0 Å². The van der Waals surface area contributed by atoms with Crippen molar-refractivity contribution in [3.8, 4) is 11.5 Å². The Kier molecular flexibility index (Phi) is 5.18. The number of carbonyl (C=O) groups excluding carboxylic acids is 1. The van der Waals surface area contributed by atoms with Crippen molar-refractivity contribution in [2.75, 3.05) is 13.7 Å². The molecule has 1 unspecified atom stereocenters. The van der Waals surface area contributed by atoms with E-state index in [4.69, 9.17) is 9.47 Å². The van der Waals surface area contributed by atoms with E-state index in [-0.39, 0.29) is 12.1 Å². The topological polar surface area (TPSA) is 67.8 Å². The van der Waals surface area contributed by atoms with Gasteiger partial charge in [0.2, 0.25) is 0 Å². The normalized spacial score (nSPS) is 12.7. The molecular weight excluding hydrogens is 246 g/mol. The van der Waals surface area contributed by atoms with E-state index in [0.29, 0.717) is 11.5 Å². The van der Waals surface area contributed by atoms with Crippen LogP contribution in [0.2, 0.25) is 0 Å². The molecule has 0 saturated carbocycles. The predicted octanol–water partition coefficient (Wildman–Crippen LogP) is 1.35. The summed E-state index contributed by atoms with van der Waals surface area (Å²) < 4.78 is 10.5. The number of aliphatic hydroxyl groups is 1. The Morgan fingerprint density at radius 2 is 1.89 bits per heavy atom. The standard InChI is InChI=1S/C14H21NO4/c1-14(2,3)15-13(17)10(16)9-19-12-8-6-5-7-11(12)18-4/h5-8,10,16H,9H2,1-4H3,(H,15,17). The van der Waals surface area contributed by atoms with Gasteiger partial charge in [-0.25, -0.2) is 0 Å².